The summed E-state index contributed by atoms with van der Waals surface area (Å²) >= 11 is 5.89. The number of hydrogen-bond donors (Lipinski definition) is 2. The number of H-pyrrole nitrogens is 1. The van der Waals surface area contributed by atoms with Gasteiger partial charge in [-0.05, 0) is 56.5 Å². The van der Waals surface area contributed by atoms with Crippen molar-refractivity contribution in [3.63, 3.8) is 0 Å². The van der Waals surface area contributed by atoms with Crippen molar-refractivity contribution in [3.05, 3.63) is 52.3 Å². The largest absolute Gasteiger partial charge is 0.310 e. The number of hydrogen-bond acceptors (Lipinski definition) is 2. The van der Waals surface area contributed by atoms with Crippen LogP contribution >= 0.6 is 11.6 Å². The number of rotatable bonds is 6. The number of aromatic nitrogens is 2. The van der Waals surface area contributed by atoms with Crippen molar-refractivity contribution < 1.29 is 0 Å². The zero-order chi connectivity index (χ0) is 13.7. The first kappa shape index (κ1) is 14.1. The Morgan fingerprint density at radius 3 is 2.68 bits per heavy atom. The lowest BCUT2D eigenvalue weighted by molar-refractivity contribution is 0.558. The van der Waals surface area contributed by atoms with E-state index in [4.69, 9.17) is 11.6 Å². The normalized spacial score (nSPS) is 12.6. The fraction of sp³-hybridized carbons (Fsp3) is 0.400. The number of benzene rings is 1. The van der Waals surface area contributed by atoms with Crippen molar-refractivity contribution in [1.82, 2.24) is 15.5 Å². The van der Waals surface area contributed by atoms with Crippen LogP contribution < -0.4 is 5.32 Å². The van der Waals surface area contributed by atoms with Gasteiger partial charge in [-0.25, -0.2) is 0 Å². The van der Waals surface area contributed by atoms with Gasteiger partial charge in [-0.1, -0.05) is 23.7 Å². The van der Waals surface area contributed by atoms with E-state index in [9.17, 15) is 0 Å². The topological polar surface area (TPSA) is 40.7 Å². The van der Waals surface area contributed by atoms with Crippen molar-refractivity contribution >= 4 is 11.6 Å². The van der Waals surface area contributed by atoms with Gasteiger partial charge in [0.15, 0.2) is 0 Å². The molecule has 0 aliphatic carbocycles. The zero-order valence-corrected chi connectivity index (χ0v) is 12.2. The van der Waals surface area contributed by atoms with Crippen LogP contribution in [0.15, 0.2) is 30.5 Å². The molecule has 1 unspecified atom stereocenters. The molecule has 2 rings (SSSR count). The molecule has 1 atom stereocenters. The van der Waals surface area contributed by atoms with Gasteiger partial charge in [-0.2, -0.15) is 5.10 Å². The van der Waals surface area contributed by atoms with Crippen LogP contribution in [-0.4, -0.2) is 16.7 Å². The quantitative estimate of drug-likeness (QED) is 0.791. The van der Waals surface area contributed by atoms with Crippen LogP contribution in [0, 0.1) is 6.92 Å². The highest BCUT2D eigenvalue weighted by atomic mass is 35.5. The Bertz CT molecular complexity index is 504. The summed E-state index contributed by atoms with van der Waals surface area (Å²) < 4.78 is 0. The molecule has 19 heavy (non-hydrogen) atoms. The van der Waals surface area contributed by atoms with Crippen molar-refractivity contribution in [2.24, 2.45) is 0 Å². The predicted molar refractivity (Wildman–Crippen MR) is 79.5 cm³/mol. The van der Waals surface area contributed by atoms with E-state index in [1.54, 1.807) is 0 Å². The Morgan fingerprint density at radius 1 is 1.32 bits per heavy atom. The van der Waals surface area contributed by atoms with E-state index in [0.29, 0.717) is 6.04 Å². The van der Waals surface area contributed by atoms with E-state index in [-0.39, 0.29) is 0 Å². The van der Waals surface area contributed by atoms with E-state index in [1.165, 1.54) is 16.8 Å². The third-order valence-electron chi connectivity index (χ3n) is 3.38. The summed E-state index contributed by atoms with van der Waals surface area (Å²) in [5.74, 6) is 0. The molecule has 3 nitrogen and oxygen atoms in total. The number of nitrogens with one attached hydrogen (secondary N) is 2. The maximum Gasteiger partial charge on any atom is 0.0522 e. The fourth-order valence-corrected chi connectivity index (χ4v) is 2.22. The first-order valence-electron chi connectivity index (χ1n) is 6.64. The fourth-order valence-electron chi connectivity index (χ4n) is 2.09. The highest BCUT2D eigenvalue weighted by molar-refractivity contribution is 6.30. The highest BCUT2D eigenvalue weighted by Crippen LogP contribution is 2.16. The van der Waals surface area contributed by atoms with Crippen LogP contribution in [0.4, 0.5) is 0 Å². The van der Waals surface area contributed by atoms with Gasteiger partial charge >= 0.3 is 0 Å². The second kappa shape index (κ2) is 6.73. The summed E-state index contributed by atoms with van der Waals surface area (Å²) in [4.78, 5) is 0. The molecular weight excluding hydrogens is 258 g/mol. The van der Waals surface area contributed by atoms with Crippen LogP contribution in [0.2, 0.25) is 5.02 Å². The lowest BCUT2D eigenvalue weighted by atomic mass is 10.1. The first-order chi connectivity index (χ1) is 9.16. The summed E-state index contributed by atoms with van der Waals surface area (Å²) in [5, 5.41) is 11.3. The molecule has 102 valence electrons. The monoisotopic (exact) mass is 277 g/mol. The van der Waals surface area contributed by atoms with Crippen LogP contribution in [0.5, 0.6) is 0 Å². The van der Waals surface area contributed by atoms with Gasteiger partial charge < -0.3 is 5.32 Å². The molecule has 0 aliphatic rings. The van der Waals surface area contributed by atoms with E-state index in [0.717, 1.165) is 24.4 Å². The summed E-state index contributed by atoms with van der Waals surface area (Å²) in [6, 6.07) is 8.36. The van der Waals surface area contributed by atoms with Gasteiger partial charge in [0.1, 0.15) is 0 Å². The van der Waals surface area contributed by atoms with E-state index in [1.807, 2.05) is 18.3 Å². The van der Waals surface area contributed by atoms with Gasteiger partial charge in [-0.3, -0.25) is 5.10 Å². The number of aromatic amines is 1. The molecule has 0 saturated carbocycles. The summed E-state index contributed by atoms with van der Waals surface area (Å²) in [7, 11) is 0. The lowest BCUT2D eigenvalue weighted by Crippen LogP contribution is -2.20. The number of halogens is 1. The van der Waals surface area contributed by atoms with Gasteiger partial charge in [0.25, 0.3) is 0 Å². The van der Waals surface area contributed by atoms with Crippen molar-refractivity contribution in [1.29, 1.82) is 0 Å². The van der Waals surface area contributed by atoms with Crippen LogP contribution in [0.25, 0.3) is 0 Å². The Labute approximate surface area is 119 Å². The van der Waals surface area contributed by atoms with E-state index in [2.05, 4.69) is 41.5 Å². The van der Waals surface area contributed by atoms with Crippen molar-refractivity contribution in [2.75, 3.05) is 6.54 Å². The second-order valence-electron chi connectivity index (χ2n) is 4.85. The van der Waals surface area contributed by atoms with Crippen molar-refractivity contribution in [2.45, 2.75) is 32.7 Å². The Balaban J connectivity index is 1.73. The van der Waals surface area contributed by atoms with Gasteiger partial charge in [0.2, 0.25) is 0 Å². The molecule has 0 saturated heterocycles. The number of aryl methyl sites for hydroxylation is 2. The summed E-state index contributed by atoms with van der Waals surface area (Å²) in [6.07, 6.45) is 4.08. The molecule has 4 heteroatoms. The molecule has 1 heterocycles. The molecule has 0 radical (unpaired) electrons. The van der Waals surface area contributed by atoms with Gasteiger partial charge in [0.05, 0.1) is 6.20 Å². The van der Waals surface area contributed by atoms with Crippen LogP contribution in [0.3, 0.4) is 0 Å². The van der Waals surface area contributed by atoms with Crippen molar-refractivity contribution in [3.8, 4) is 0 Å². The van der Waals surface area contributed by atoms with Crippen LogP contribution in [0.1, 0.15) is 36.2 Å². The average Bonchev–Trinajstić information content (AvgIpc) is 2.81. The highest BCUT2D eigenvalue weighted by Gasteiger charge is 2.05. The first-order valence-corrected chi connectivity index (χ1v) is 7.02. The molecule has 2 aromatic rings. The SMILES string of the molecule is Cc1[nH]ncc1CCCNC(C)c1ccc(Cl)cc1. The molecule has 0 aliphatic heterocycles. The smallest absolute Gasteiger partial charge is 0.0522 e. The Kier molecular flexibility index (Phi) is 5.00. The van der Waals surface area contributed by atoms with E-state index >= 15 is 0 Å². The second-order valence-corrected chi connectivity index (χ2v) is 5.29. The molecule has 1 aromatic carbocycles. The molecule has 0 fully saturated rings. The minimum absolute atomic E-state index is 0.350. The molecular formula is C15H20ClN3. The Hall–Kier alpha value is -1.32. The molecule has 0 bridgehead atoms. The third-order valence-corrected chi connectivity index (χ3v) is 3.63. The maximum absolute atomic E-state index is 5.89. The minimum atomic E-state index is 0.350. The maximum atomic E-state index is 5.89. The number of nitrogens with zero attached hydrogens (tertiary/aromatic N) is 1. The molecule has 2 N–H and O–H groups in total. The lowest BCUT2D eigenvalue weighted by Gasteiger charge is -2.14. The van der Waals surface area contributed by atoms with Gasteiger partial charge in [0, 0.05) is 16.8 Å². The van der Waals surface area contributed by atoms with Crippen LogP contribution in [-0.2, 0) is 6.42 Å². The third kappa shape index (κ3) is 4.08. The van der Waals surface area contributed by atoms with Gasteiger partial charge in [-0.15, -0.1) is 0 Å². The summed E-state index contributed by atoms with van der Waals surface area (Å²) in [5.41, 5.74) is 3.75. The molecule has 0 spiro atoms. The summed E-state index contributed by atoms with van der Waals surface area (Å²) in [6.45, 7) is 5.23. The molecule has 0 amide bonds. The Morgan fingerprint density at radius 2 is 2.05 bits per heavy atom. The zero-order valence-electron chi connectivity index (χ0n) is 11.4. The minimum Gasteiger partial charge on any atom is -0.310 e. The standard InChI is InChI=1S/C15H20ClN3/c1-11(13-5-7-15(16)8-6-13)17-9-3-4-14-10-18-19-12(14)2/h5-8,10-11,17H,3-4,9H2,1-2H3,(H,18,19). The van der Waals surface area contributed by atoms with E-state index < -0.39 is 0 Å². The molecule has 1 aromatic heterocycles. The predicted octanol–water partition coefficient (Wildman–Crippen LogP) is 3.65. The average molecular weight is 278 g/mol.